The zero-order chi connectivity index (χ0) is 17.5. The van der Waals surface area contributed by atoms with Crippen molar-refractivity contribution >= 4 is 39.4 Å². The quantitative estimate of drug-likeness (QED) is 0.737. The molecule has 0 aliphatic rings. The van der Waals surface area contributed by atoms with Crippen LogP contribution in [0, 0.1) is 0 Å². The van der Waals surface area contributed by atoms with Crippen LogP contribution in [0.5, 0.6) is 5.75 Å². The summed E-state index contributed by atoms with van der Waals surface area (Å²) in [4.78, 5) is 23.8. The molecule has 5 nitrogen and oxygen atoms in total. The Bertz CT molecular complexity index is 751. The molecule has 0 atom stereocenters. The summed E-state index contributed by atoms with van der Waals surface area (Å²) in [7, 11) is 1.50. The van der Waals surface area contributed by atoms with E-state index in [0.29, 0.717) is 21.8 Å². The maximum Gasteiger partial charge on any atom is 0.339 e. The number of ether oxygens (including phenoxy) is 2. The molecule has 126 valence electrons. The van der Waals surface area contributed by atoms with Gasteiger partial charge in [-0.05, 0) is 51.8 Å². The van der Waals surface area contributed by atoms with Crippen LogP contribution in [0.4, 0.5) is 0 Å². The van der Waals surface area contributed by atoms with Crippen LogP contribution in [-0.2, 0) is 16.1 Å². The third kappa shape index (κ3) is 5.25. The monoisotopic (exact) mass is 411 g/mol. The van der Waals surface area contributed by atoms with Crippen molar-refractivity contribution in [3.8, 4) is 5.75 Å². The first-order valence-electron chi connectivity index (χ1n) is 7.01. The van der Waals surface area contributed by atoms with Crippen LogP contribution in [0.1, 0.15) is 15.9 Å². The van der Waals surface area contributed by atoms with Gasteiger partial charge in [0.05, 0.1) is 12.7 Å². The lowest BCUT2D eigenvalue weighted by molar-refractivity contribution is -0.124. The maximum absolute atomic E-state index is 12.1. The molecule has 0 aromatic heterocycles. The lowest BCUT2D eigenvalue weighted by atomic mass is 10.2. The molecule has 0 heterocycles. The van der Waals surface area contributed by atoms with Crippen molar-refractivity contribution in [1.82, 2.24) is 5.32 Å². The summed E-state index contributed by atoms with van der Waals surface area (Å²) in [6, 6.07) is 12.1. The fourth-order valence-electron chi connectivity index (χ4n) is 1.90. The average Bonchev–Trinajstić information content (AvgIpc) is 2.58. The normalized spacial score (nSPS) is 10.1. The molecule has 0 aliphatic heterocycles. The predicted molar refractivity (Wildman–Crippen MR) is 94.3 cm³/mol. The molecule has 2 rings (SSSR count). The summed E-state index contributed by atoms with van der Waals surface area (Å²) < 4.78 is 10.6. The smallest absolute Gasteiger partial charge is 0.339 e. The van der Waals surface area contributed by atoms with Crippen molar-refractivity contribution in [2.45, 2.75) is 6.54 Å². The first-order chi connectivity index (χ1) is 11.5. The Morgan fingerprint density at radius 1 is 1.21 bits per heavy atom. The fraction of sp³-hybridized carbons (Fsp3) is 0.176. The second-order valence-corrected chi connectivity index (χ2v) is 6.12. The number of carbonyl (C=O) groups excluding carboxylic acids is 2. The van der Waals surface area contributed by atoms with E-state index >= 15 is 0 Å². The maximum atomic E-state index is 12.1. The van der Waals surface area contributed by atoms with Crippen molar-refractivity contribution < 1.29 is 19.1 Å². The molecule has 24 heavy (non-hydrogen) atoms. The minimum absolute atomic E-state index is 0.289. The lowest BCUT2D eigenvalue weighted by Gasteiger charge is -2.09. The summed E-state index contributed by atoms with van der Waals surface area (Å²) in [5.41, 5.74) is 1.15. The van der Waals surface area contributed by atoms with E-state index in [-0.39, 0.29) is 12.2 Å². The van der Waals surface area contributed by atoms with Crippen molar-refractivity contribution in [1.29, 1.82) is 0 Å². The molecule has 1 amide bonds. The molecule has 0 unspecified atom stereocenters. The minimum atomic E-state index is -0.612. The molecule has 7 heteroatoms. The zero-order valence-electron chi connectivity index (χ0n) is 12.8. The molecule has 0 spiro atoms. The number of esters is 1. The highest BCUT2D eigenvalue weighted by molar-refractivity contribution is 9.10. The molecule has 0 aliphatic carbocycles. The Morgan fingerprint density at radius 3 is 2.71 bits per heavy atom. The zero-order valence-corrected chi connectivity index (χ0v) is 15.2. The van der Waals surface area contributed by atoms with Gasteiger partial charge in [-0.3, -0.25) is 4.79 Å². The van der Waals surface area contributed by atoms with Gasteiger partial charge in [0.15, 0.2) is 6.61 Å². The van der Waals surface area contributed by atoms with Crippen LogP contribution >= 0.6 is 27.5 Å². The highest BCUT2D eigenvalue weighted by Crippen LogP contribution is 2.23. The number of hydrogen-bond donors (Lipinski definition) is 1. The van der Waals surface area contributed by atoms with Gasteiger partial charge in [0.25, 0.3) is 5.91 Å². The Morgan fingerprint density at radius 2 is 2.00 bits per heavy atom. The first kappa shape index (κ1) is 18.3. The van der Waals surface area contributed by atoms with Crippen LogP contribution in [-0.4, -0.2) is 25.6 Å². The topological polar surface area (TPSA) is 64.6 Å². The number of hydrogen-bond acceptors (Lipinski definition) is 4. The van der Waals surface area contributed by atoms with Gasteiger partial charge in [-0.25, -0.2) is 4.79 Å². The van der Waals surface area contributed by atoms with Crippen LogP contribution in [0.25, 0.3) is 0 Å². The minimum Gasteiger partial charge on any atom is -0.497 e. The summed E-state index contributed by atoms with van der Waals surface area (Å²) >= 11 is 9.14. The molecule has 0 radical (unpaired) electrons. The van der Waals surface area contributed by atoms with E-state index in [1.54, 1.807) is 30.3 Å². The molecule has 2 aromatic rings. The Balaban J connectivity index is 1.86. The third-order valence-electron chi connectivity index (χ3n) is 3.11. The number of halogens is 2. The summed E-state index contributed by atoms with van der Waals surface area (Å²) in [5, 5.41) is 3.25. The Hall–Kier alpha value is -2.05. The van der Waals surface area contributed by atoms with Crippen molar-refractivity contribution in [2.24, 2.45) is 0 Å². The third-order valence-corrected chi connectivity index (χ3v) is 4.03. The number of methoxy groups -OCH3 is 1. The largest absolute Gasteiger partial charge is 0.497 e. The fourth-order valence-corrected chi connectivity index (χ4v) is 2.52. The van der Waals surface area contributed by atoms with Gasteiger partial charge >= 0.3 is 5.97 Å². The van der Waals surface area contributed by atoms with E-state index in [1.165, 1.54) is 13.2 Å². The second-order valence-electron chi connectivity index (χ2n) is 4.83. The van der Waals surface area contributed by atoms with Crippen molar-refractivity contribution in [3.05, 3.63) is 63.1 Å². The van der Waals surface area contributed by atoms with E-state index in [1.807, 2.05) is 6.07 Å². The van der Waals surface area contributed by atoms with E-state index in [0.717, 1.165) is 5.56 Å². The SMILES string of the molecule is COc1ccc(Br)c(C(=O)OCC(=O)NCc2cccc(Cl)c2)c1. The van der Waals surface area contributed by atoms with Gasteiger partial charge in [0.1, 0.15) is 5.75 Å². The molecular formula is C17H15BrClNO4. The highest BCUT2D eigenvalue weighted by Gasteiger charge is 2.14. The van der Waals surface area contributed by atoms with Crippen LogP contribution in [0.15, 0.2) is 46.9 Å². The number of carbonyl (C=O) groups is 2. The molecule has 0 fully saturated rings. The van der Waals surface area contributed by atoms with Gasteiger partial charge in [-0.2, -0.15) is 0 Å². The van der Waals surface area contributed by atoms with Crippen LogP contribution in [0.2, 0.25) is 5.02 Å². The molecule has 2 aromatic carbocycles. The number of benzene rings is 2. The predicted octanol–water partition coefficient (Wildman–Crippen LogP) is 3.58. The van der Waals surface area contributed by atoms with E-state index in [9.17, 15) is 9.59 Å². The number of amides is 1. The second kappa shape index (κ2) is 8.70. The Labute approximate surface area is 153 Å². The van der Waals surface area contributed by atoms with Crippen molar-refractivity contribution in [3.63, 3.8) is 0 Å². The standard InChI is InChI=1S/C17H15BrClNO4/c1-23-13-5-6-15(18)14(8-13)17(22)24-10-16(21)20-9-11-3-2-4-12(19)7-11/h2-8H,9-10H2,1H3,(H,20,21). The summed E-state index contributed by atoms with van der Waals surface area (Å²) in [6.45, 7) is -0.0666. The molecule has 0 saturated heterocycles. The molecular weight excluding hydrogens is 398 g/mol. The molecule has 0 bridgehead atoms. The van der Waals surface area contributed by atoms with Gasteiger partial charge in [0.2, 0.25) is 0 Å². The van der Waals surface area contributed by atoms with Gasteiger partial charge in [-0.1, -0.05) is 23.7 Å². The Kier molecular flexibility index (Phi) is 6.63. The van der Waals surface area contributed by atoms with E-state index < -0.39 is 11.9 Å². The van der Waals surface area contributed by atoms with Crippen LogP contribution < -0.4 is 10.1 Å². The molecule has 0 saturated carbocycles. The van der Waals surface area contributed by atoms with Gasteiger partial charge in [-0.15, -0.1) is 0 Å². The first-order valence-corrected chi connectivity index (χ1v) is 8.18. The number of nitrogens with one attached hydrogen (secondary N) is 1. The lowest BCUT2D eigenvalue weighted by Crippen LogP contribution is -2.28. The highest BCUT2D eigenvalue weighted by atomic mass is 79.9. The van der Waals surface area contributed by atoms with Crippen LogP contribution in [0.3, 0.4) is 0 Å². The van der Waals surface area contributed by atoms with E-state index in [2.05, 4.69) is 21.2 Å². The number of rotatable bonds is 6. The summed E-state index contributed by atoms with van der Waals surface area (Å²) in [6.07, 6.45) is 0. The van der Waals surface area contributed by atoms with Crippen molar-refractivity contribution in [2.75, 3.05) is 13.7 Å². The van der Waals surface area contributed by atoms with Gasteiger partial charge < -0.3 is 14.8 Å². The van der Waals surface area contributed by atoms with Gasteiger partial charge in [0, 0.05) is 16.0 Å². The average molecular weight is 413 g/mol. The summed E-state index contributed by atoms with van der Waals surface area (Å²) in [5.74, 6) is -0.489. The molecule has 1 N–H and O–H groups in total. The van der Waals surface area contributed by atoms with E-state index in [4.69, 9.17) is 21.1 Å².